The first-order valence-electron chi connectivity index (χ1n) is 7.41. The molecule has 1 unspecified atom stereocenters. The normalized spacial score (nSPS) is 16.9. The van der Waals surface area contributed by atoms with Crippen LogP contribution < -0.4 is 10.6 Å². The second-order valence-corrected chi connectivity index (χ2v) is 5.57. The van der Waals surface area contributed by atoms with E-state index in [1.165, 1.54) is 11.8 Å². The molecular formula is C15H16F5N3O2. The van der Waals surface area contributed by atoms with E-state index in [4.69, 9.17) is 0 Å². The Balaban J connectivity index is 2.22. The molecule has 0 saturated carbocycles. The fourth-order valence-electron chi connectivity index (χ4n) is 2.43. The minimum absolute atomic E-state index is 0.0523. The number of piperazine rings is 1. The fraction of sp³-hybridized carbons (Fsp3) is 0.467. The number of carbonyl (C=O) groups excluding carboxylic acids is 2. The number of carbonyl (C=O) groups is 2. The third kappa shape index (κ3) is 4.65. The van der Waals surface area contributed by atoms with Crippen molar-refractivity contribution in [2.45, 2.75) is 25.6 Å². The number of hydrogen-bond donors (Lipinski definition) is 2. The van der Waals surface area contributed by atoms with Crippen LogP contribution in [0.4, 0.5) is 27.6 Å². The van der Waals surface area contributed by atoms with Gasteiger partial charge in [-0.2, -0.15) is 13.2 Å². The quantitative estimate of drug-likeness (QED) is 0.806. The Morgan fingerprint density at radius 2 is 1.96 bits per heavy atom. The van der Waals surface area contributed by atoms with Crippen LogP contribution in [0.25, 0.3) is 0 Å². The predicted molar refractivity (Wildman–Crippen MR) is 79.1 cm³/mol. The van der Waals surface area contributed by atoms with Crippen molar-refractivity contribution in [1.82, 2.24) is 10.2 Å². The lowest BCUT2D eigenvalue weighted by Gasteiger charge is -2.32. The van der Waals surface area contributed by atoms with E-state index in [0.29, 0.717) is 18.7 Å². The van der Waals surface area contributed by atoms with Crippen LogP contribution in [0.3, 0.4) is 0 Å². The van der Waals surface area contributed by atoms with E-state index in [1.807, 2.05) is 0 Å². The van der Waals surface area contributed by atoms with Crippen LogP contribution in [0.5, 0.6) is 0 Å². The van der Waals surface area contributed by atoms with Gasteiger partial charge in [0.2, 0.25) is 11.8 Å². The number of rotatable bonds is 4. The van der Waals surface area contributed by atoms with Gasteiger partial charge in [0.05, 0.1) is 12.1 Å². The van der Waals surface area contributed by atoms with Gasteiger partial charge in [-0.05, 0) is 25.1 Å². The molecule has 1 aromatic rings. The summed E-state index contributed by atoms with van der Waals surface area (Å²) in [6.45, 7) is 2.21. The topological polar surface area (TPSA) is 61.4 Å². The average molecular weight is 365 g/mol. The summed E-state index contributed by atoms with van der Waals surface area (Å²) in [5, 5.41) is 5.00. The molecule has 0 bridgehead atoms. The van der Waals surface area contributed by atoms with E-state index in [0.717, 1.165) is 6.07 Å². The van der Waals surface area contributed by atoms with Gasteiger partial charge < -0.3 is 15.5 Å². The van der Waals surface area contributed by atoms with Gasteiger partial charge >= 0.3 is 6.18 Å². The Kier molecular flexibility index (Phi) is 5.61. The molecule has 2 N–H and O–H groups in total. The number of nitrogens with one attached hydrogen (secondary N) is 2. The first kappa shape index (κ1) is 19.1. The van der Waals surface area contributed by atoms with Gasteiger partial charge in [-0.3, -0.25) is 9.59 Å². The van der Waals surface area contributed by atoms with Gasteiger partial charge in [0.25, 0.3) is 6.43 Å². The SMILES string of the molecule is CC(C(=O)Nc1cc(C(F)F)cc(C(F)(F)F)c1)N1CCNCC1=O. The average Bonchev–Trinajstić information content (AvgIpc) is 2.53. The molecule has 10 heteroatoms. The van der Waals surface area contributed by atoms with E-state index < -0.39 is 41.4 Å². The van der Waals surface area contributed by atoms with Crippen LogP contribution >= 0.6 is 0 Å². The first-order valence-corrected chi connectivity index (χ1v) is 7.41. The van der Waals surface area contributed by atoms with Gasteiger partial charge in [-0.25, -0.2) is 8.78 Å². The molecule has 1 saturated heterocycles. The van der Waals surface area contributed by atoms with Crippen LogP contribution in [0.1, 0.15) is 24.5 Å². The molecule has 1 aromatic carbocycles. The summed E-state index contributed by atoms with van der Waals surface area (Å²) in [4.78, 5) is 25.2. The summed E-state index contributed by atoms with van der Waals surface area (Å²) in [7, 11) is 0. The summed E-state index contributed by atoms with van der Waals surface area (Å²) < 4.78 is 64.1. The third-order valence-corrected chi connectivity index (χ3v) is 3.78. The summed E-state index contributed by atoms with van der Waals surface area (Å²) in [5.41, 5.74) is -2.54. The zero-order valence-electron chi connectivity index (χ0n) is 13.2. The molecular weight excluding hydrogens is 349 g/mol. The molecule has 1 heterocycles. The lowest BCUT2D eigenvalue weighted by Crippen LogP contribution is -2.54. The Hall–Kier alpha value is -2.23. The van der Waals surface area contributed by atoms with Gasteiger partial charge in [-0.15, -0.1) is 0 Å². The number of amides is 2. The Labute approximate surface area is 140 Å². The van der Waals surface area contributed by atoms with Crippen molar-refractivity contribution >= 4 is 17.5 Å². The molecule has 1 aliphatic rings. The van der Waals surface area contributed by atoms with Crippen molar-refractivity contribution in [2.75, 3.05) is 25.0 Å². The van der Waals surface area contributed by atoms with Gasteiger partial charge in [0.1, 0.15) is 6.04 Å². The minimum atomic E-state index is -4.83. The number of alkyl halides is 5. The molecule has 1 atom stereocenters. The highest BCUT2D eigenvalue weighted by atomic mass is 19.4. The molecule has 25 heavy (non-hydrogen) atoms. The van der Waals surface area contributed by atoms with Crippen LogP contribution in [0.15, 0.2) is 18.2 Å². The second-order valence-electron chi connectivity index (χ2n) is 5.57. The summed E-state index contributed by atoms with van der Waals surface area (Å²) >= 11 is 0. The number of hydrogen-bond acceptors (Lipinski definition) is 3. The number of nitrogens with zero attached hydrogens (tertiary/aromatic N) is 1. The molecule has 0 spiro atoms. The van der Waals surface area contributed by atoms with Crippen molar-refractivity contribution in [3.8, 4) is 0 Å². The van der Waals surface area contributed by atoms with Crippen molar-refractivity contribution in [3.63, 3.8) is 0 Å². The molecule has 0 aromatic heterocycles. The van der Waals surface area contributed by atoms with Crippen LogP contribution in [-0.2, 0) is 15.8 Å². The molecule has 0 aliphatic carbocycles. The van der Waals surface area contributed by atoms with Crippen LogP contribution in [-0.4, -0.2) is 42.4 Å². The zero-order valence-corrected chi connectivity index (χ0v) is 13.2. The Morgan fingerprint density at radius 1 is 1.28 bits per heavy atom. The van der Waals surface area contributed by atoms with E-state index in [-0.39, 0.29) is 19.0 Å². The second kappa shape index (κ2) is 7.34. The molecule has 1 aliphatic heterocycles. The molecule has 5 nitrogen and oxygen atoms in total. The lowest BCUT2D eigenvalue weighted by molar-refractivity contribution is -0.138. The molecule has 0 radical (unpaired) electrons. The summed E-state index contributed by atoms with van der Waals surface area (Å²) in [5.74, 6) is -1.08. The number of halogens is 5. The van der Waals surface area contributed by atoms with Crippen molar-refractivity contribution in [2.24, 2.45) is 0 Å². The van der Waals surface area contributed by atoms with E-state index in [9.17, 15) is 31.5 Å². The maximum atomic E-state index is 12.8. The molecule has 138 valence electrons. The largest absolute Gasteiger partial charge is 0.416 e. The van der Waals surface area contributed by atoms with Gasteiger partial charge in [0, 0.05) is 24.3 Å². The minimum Gasteiger partial charge on any atom is -0.329 e. The van der Waals surface area contributed by atoms with Crippen LogP contribution in [0, 0.1) is 0 Å². The first-order chi connectivity index (χ1) is 11.6. The Morgan fingerprint density at radius 3 is 2.52 bits per heavy atom. The highest BCUT2D eigenvalue weighted by Crippen LogP contribution is 2.34. The highest BCUT2D eigenvalue weighted by Gasteiger charge is 2.33. The van der Waals surface area contributed by atoms with Gasteiger partial charge in [0.15, 0.2) is 0 Å². The van der Waals surface area contributed by atoms with E-state index >= 15 is 0 Å². The van der Waals surface area contributed by atoms with E-state index in [2.05, 4.69) is 10.6 Å². The summed E-state index contributed by atoms with van der Waals surface area (Å²) in [6, 6.07) is 0.753. The molecule has 2 rings (SSSR count). The lowest BCUT2D eigenvalue weighted by atomic mass is 10.1. The number of anilines is 1. The number of benzene rings is 1. The monoisotopic (exact) mass is 365 g/mol. The Bertz CT molecular complexity index is 663. The van der Waals surface area contributed by atoms with Gasteiger partial charge in [-0.1, -0.05) is 0 Å². The van der Waals surface area contributed by atoms with Crippen molar-refractivity contribution in [1.29, 1.82) is 0 Å². The molecule has 2 amide bonds. The maximum Gasteiger partial charge on any atom is 0.416 e. The van der Waals surface area contributed by atoms with Crippen molar-refractivity contribution in [3.05, 3.63) is 29.3 Å². The fourth-order valence-corrected chi connectivity index (χ4v) is 2.43. The predicted octanol–water partition coefficient (Wildman–Crippen LogP) is 2.40. The smallest absolute Gasteiger partial charge is 0.329 e. The van der Waals surface area contributed by atoms with E-state index in [1.54, 1.807) is 0 Å². The standard InChI is InChI=1S/C15H16F5N3O2/c1-8(23-3-2-21-7-12(23)24)14(25)22-11-5-9(13(16)17)4-10(6-11)15(18,19)20/h4-6,8,13,21H,2-3,7H2,1H3,(H,22,25). The highest BCUT2D eigenvalue weighted by molar-refractivity contribution is 5.97. The van der Waals surface area contributed by atoms with Crippen LogP contribution in [0.2, 0.25) is 0 Å². The van der Waals surface area contributed by atoms with Crippen molar-refractivity contribution < 1.29 is 31.5 Å². The maximum absolute atomic E-state index is 12.8. The molecule has 1 fully saturated rings. The zero-order chi connectivity index (χ0) is 18.8. The summed E-state index contributed by atoms with van der Waals surface area (Å²) in [6.07, 6.45) is -7.95. The third-order valence-electron chi connectivity index (χ3n) is 3.78.